The first kappa shape index (κ1) is 28.4. The second kappa shape index (κ2) is 12.2. The number of carbonyl (C=O) groups excluding carboxylic acids is 3. The van der Waals surface area contributed by atoms with Crippen LogP contribution in [0, 0.1) is 5.92 Å². The number of hydrogen-bond acceptors (Lipinski definition) is 6. The summed E-state index contributed by atoms with van der Waals surface area (Å²) in [4.78, 5) is 40.7. The Morgan fingerprint density at radius 2 is 1.69 bits per heavy atom. The Labute approximate surface area is 244 Å². The van der Waals surface area contributed by atoms with Gasteiger partial charge in [-0.25, -0.2) is 0 Å². The van der Waals surface area contributed by atoms with Gasteiger partial charge in [0.25, 0.3) is 5.91 Å². The molecule has 0 aromatic heterocycles. The van der Waals surface area contributed by atoms with Crippen LogP contribution in [-0.2, 0) is 9.59 Å². The van der Waals surface area contributed by atoms with E-state index in [1.807, 2.05) is 24.3 Å². The smallest absolute Gasteiger partial charge is 0.316 e. The molecule has 42 heavy (non-hydrogen) atoms. The maximum absolute atomic E-state index is 13.2. The first-order valence-corrected chi connectivity index (χ1v) is 13.7. The summed E-state index contributed by atoms with van der Waals surface area (Å²) in [7, 11) is 1.50. The van der Waals surface area contributed by atoms with E-state index in [2.05, 4.69) is 19.2 Å². The quantitative estimate of drug-likeness (QED) is 0.190. The van der Waals surface area contributed by atoms with E-state index in [4.69, 9.17) is 9.47 Å². The molecule has 0 radical (unpaired) electrons. The molecule has 4 aromatic carbocycles. The normalized spacial score (nSPS) is 14.6. The van der Waals surface area contributed by atoms with E-state index in [9.17, 15) is 19.5 Å². The highest BCUT2D eigenvalue weighted by Crippen LogP contribution is 2.34. The first-order valence-electron chi connectivity index (χ1n) is 13.7. The SMILES string of the molecule is COc1ccc(N2CC(C(=O)Oc3cccc(C(C)C)c3)CC2=O)cc1NC(=O)c1cccc(-c2ccc(O)cc2)c1. The van der Waals surface area contributed by atoms with Crippen molar-refractivity contribution in [3.8, 4) is 28.4 Å². The Kier molecular flexibility index (Phi) is 8.24. The van der Waals surface area contributed by atoms with Gasteiger partial charge in [0.05, 0.1) is 18.7 Å². The van der Waals surface area contributed by atoms with E-state index in [-0.39, 0.29) is 30.5 Å². The Morgan fingerprint density at radius 3 is 2.43 bits per heavy atom. The predicted octanol–water partition coefficient (Wildman–Crippen LogP) is 6.40. The molecule has 2 N–H and O–H groups in total. The Morgan fingerprint density at radius 1 is 0.929 bits per heavy atom. The lowest BCUT2D eigenvalue weighted by Gasteiger charge is -2.19. The monoisotopic (exact) mass is 564 g/mol. The summed E-state index contributed by atoms with van der Waals surface area (Å²) in [5.41, 5.74) is 4.08. The molecule has 1 aliphatic heterocycles. The van der Waals surface area contributed by atoms with Crippen LogP contribution < -0.4 is 19.7 Å². The molecule has 0 aliphatic carbocycles. The van der Waals surface area contributed by atoms with Crippen LogP contribution in [-0.4, -0.2) is 36.5 Å². The number of aromatic hydroxyl groups is 1. The van der Waals surface area contributed by atoms with Crippen molar-refractivity contribution >= 4 is 29.2 Å². The summed E-state index contributed by atoms with van der Waals surface area (Å²) in [5, 5.41) is 12.5. The molecular weight excluding hydrogens is 532 g/mol. The van der Waals surface area contributed by atoms with E-state index in [0.29, 0.717) is 34.4 Å². The van der Waals surface area contributed by atoms with Gasteiger partial charge >= 0.3 is 5.97 Å². The maximum atomic E-state index is 13.2. The minimum Gasteiger partial charge on any atom is -0.508 e. The number of esters is 1. The van der Waals surface area contributed by atoms with Crippen molar-refractivity contribution in [3.63, 3.8) is 0 Å². The fourth-order valence-electron chi connectivity index (χ4n) is 4.90. The highest BCUT2D eigenvalue weighted by atomic mass is 16.5. The first-order chi connectivity index (χ1) is 20.2. The van der Waals surface area contributed by atoms with Gasteiger partial charge in [0, 0.05) is 24.2 Å². The topological polar surface area (TPSA) is 105 Å². The zero-order valence-electron chi connectivity index (χ0n) is 23.7. The summed E-state index contributed by atoms with van der Waals surface area (Å²) < 4.78 is 11.1. The Hall–Kier alpha value is -5.11. The number of ether oxygens (including phenoxy) is 2. The van der Waals surface area contributed by atoms with Gasteiger partial charge in [-0.2, -0.15) is 0 Å². The van der Waals surface area contributed by atoms with Crippen LogP contribution in [0.3, 0.4) is 0 Å². The van der Waals surface area contributed by atoms with Gasteiger partial charge in [-0.15, -0.1) is 0 Å². The third kappa shape index (κ3) is 6.28. The number of amides is 2. The minimum absolute atomic E-state index is 0.0283. The van der Waals surface area contributed by atoms with Crippen LogP contribution in [0.25, 0.3) is 11.1 Å². The van der Waals surface area contributed by atoms with Crippen molar-refractivity contribution in [2.45, 2.75) is 26.2 Å². The molecule has 8 nitrogen and oxygen atoms in total. The van der Waals surface area contributed by atoms with Crippen molar-refractivity contribution < 1.29 is 29.0 Å². The lowest BCUT2D eigenvalue weighted by molar-refractivity contribution is -0.139. The number of rotatable bonds is 8. The molecule has 214 valence electrons. The molecule has 1 saturated heterocycles. The van der Waals surface area contributed by atoms with Gasteiger partial charge in [0.2, 0.25) is 5.91 Å². The standard InChI is InChI=1S/C34H32N2O6/c1-21(2)23-6-5-9-29(17-23)42-34(40)26-18-32(38)36(20-26)27-12-15-31(41-3)30(19-27)35-33(39)25-8-4-7-24(16-25)22-10-13-28(37)14-11-22/h4-17,19,21,26,37H,18,20H2,1-3H3,(H,35,39). The van der Waals surface area contributed by atoms with Crippen molar-refractivity contribution in [1.82, 2.24) is 0 Å². The zero-order valence-corrected chi connectivity index (χ0v) is 23.7. The molecule has 8 heteroatoms. The molecule has 1 fully saturated rings. The molecule has 0 bridgehead atoms. The fourth-order valence-corrected chi connectivity index (χ4v) is 4.90. The number of hydrogen-bond donors (Lipinski definition) is 2. The van der Waals surface area contributed by atoms with Gasteiger partial charge < -0.3 is 24.8 Å². The summed E-state index contributed by atoms with van der Waals surface area (Å²) >= 11 is 0. The molecular formula is C34H32N2O6. The predicted molar refractivity (Wildman–Crippen MR) is 161 cm³/mol. The third-order valence-corrected chi connectivity index (χ3v) is 7.27. The van der Waals surface area contributed by atoms with Gasteiger partial charge in [-0.05, 0) is 77.2 Å². The minimum atomic E-state index is -0.622. The number of methoxy groups -OCH3 is 1. The number of anilines is 2. The zero-order chi connectivity index (χ0) is 29.8. The molecule has 1 atom stereocenters. The summed E-state index contributed by atoms with van der Waals surface area (Å²) in [5.74, 6) is -0.308. The van der Waals surface area contributed by atoms with Gasteiger partial charge in [-0.3, -0.25) is 14.4 Å². The Bertz CT molecular complexity index is 1630. The third-order valence-electron chi connectivity index (χ3n) is 7.27. The summed E-state index contributed by atoms with van der Waals surface area (Å²) in [6.07, 6.45) is 0.0283. The Balaban J connectivity index is 1.31. The van der Waals surface area contributed by atoms with Gasteiger partial charge in [0.15, 0.2) is 0 Å². The number of nitrogens with one attached hydrogen (secondary N) is 1. The molecule has 5 rings (SSSR count). The largest absolute Gasteiger partial charge is 0.508 e. The van der Waals surface area contributed by atoms with Crippen LogP contribution in [0.1, 0.15) is 42.1 Å². The molecule has 0 saturated carbocycles. The van der Waals surface area contributed by atoms with E-state index in [1.54, 1.807) is 66.7 Å². The maximum Gasteiger partial charge on any atom is 0.316 e. The van der Waals surface area contributed by atoms with Crippen molar-refractivity contribution in [1.29, 1.82) is 0 Å². The highest BCUT2D eigenvalue weighted by molar-refractivity contribution is 6.06. The second-order valence-corrected chi connectivity index (χ2v) is 10.5. The van der Waals surface area contributed by atoms with E-state index < -0.39 is 11.9 Å². The van der Waals surface area contributed by atoms with Crippen molar-refractivity contribution in [2.75, 3.05) is 23.9 Å². The molecule has 2 amide bonds. The van der Waals surface area contributed by atoms with Gasteiger partial charge in [-0.1, -0.05) is 50.2 Å². The van der Waals surface area contributed by atoms with E-state index >= 15 is 0 Å². The summed E-state index contributed by atoms with van der Waals surface area (Å²) in [6.45, 7) is 4.29. The average Bonchev–Trinajstić information content (AvgIpc) is 3.39. The highest BCUT2D eigenvalue weighted by Gasteiger charge is 2.36. The van der Waals surface area contributed by atoms with E-state index in [1.165, 1.54) is 12.0 Å². The molecule has 1 heterocycles. The van der Waals surface area contributed by atoms with Crippen LogP contribution in [0.2, 0.25) is 0 Å². The average molecular weight is 565 g/mol. The number of phenols is 1. The molecule has 1 aliphatic rings. The van der Waals surface area contributed by atoms with Crippen LogP contribution >= 0.6 is 0 Å². The van der Waals surface area contributed by atoms with Crippen LogP contribution in [0.4, 0.5) is 11.4 Å². The fraction of sp³-hybridized carbons (Fsp3) is 0.206. The lowest BCUT2D eigenvalue weighted by atomic mass is 10.0. The van der Waals surface area contributed by atoms with Crippen LogP contribution in [0.5, 0.6) is 17.2 Å². The number of phenolic OH excluding ortho intramolecular Hbond substituents is 1. The van der Waals surface area contributed by atoms with E-state index in [0.717, 1.165) is 16.7 Å². The number of nitrogens with zero attached hydrogens (tertiary/aromatic N) is 1. The summed E-state index contributed by atoms with van der Waals surface area (Å²) in [6, 6.07) is 26.3. The number of benzene rings is 4. The molecule has 0 spiro atoms. The van der Waals surface area contributed by atoms with Crippen molar-refractivity contribution in [3.05, 3.63) is 102 Å². The second-order valence-electron chi connectivity index (χ2n) is 10.5. The van der Waals surface area contributed by atoms with Crippen molar-refractivity contribution in [2.24, 2.45) is 5.92 Å². The van der Waals surface area contributed by atoms with Gasteiger partial charge in [0.1, 0.15) is 17.2 Å². The molecule has 1 unspecified atom stereocenters. The lowest BCUT2D eigenvalue weighted by Crippen LogP contribution is -2.27. The van der Waals surface area contributed by atoms with Crippen LogP contribution in [0.15, 0.2) is 91.0 Å². The number of carbonyl (C=O) groups is 3. The molecule has 4 aromatic rings.